The summed E-state index contributed by atoms with van der Waals surface area (Å²) in [5.41, 5.74) is 4.81. The first kappa shape index (κ1) is 15.4. The lowest BCUT2D eigenvalue weighted by Gasteiger charge is -2.33. The summed E-state index contributed by atoms with van der Waals surface area (Å²) in [7, 11) is 2.32. The molecule has 2 unspecified atom stereocenters. The number of benzene rings is 1. The van der Waals surface area contributed by atoms with Crippen molar-refractivity contribution in [3.8, 4) is 0 Å². The lowest BCUT2D eigenvalue weighted by Crippen LogP contribution is -2.36. The average molecular weight is 326 g/mol. The van der Waals surface area contributed by atoms with Crippen LogP contribution in [0.5, 0.6) is 0 Å². The Bertz CT molecular complexity index is 659. The molecule has 2 heteroatoms. The van der Waals surface area contributed by atoms with E-state index in [2.05, 4.69) is 47.7 Å². The summed E-state index contributed by atoms with van der Waals surface area (Å²) in [6.07, 6.45) is 9.27. The summed E-state index contributed by atoms with van der Waals surface area (Å²) < 4.78 is 0. The zero-order chi connectivity index (χ0) is 15.6. The van der Waals surface area contributed by atoms with Crippen LogP contribution in [0.3, 0.4) is 0 Å². The monoisotopic (exact) mass is 325 g/mol. The molecule has 1 aromatic heterocycles. The average Bonchev–Trinajstić information content (AvgIpc) is 2.98. The van der Waals surface area contributed by atoms with Crippen LogP contribution in [-0.4, -0.2) is 24.5 Å². The molecule has 0 amide bonds. The Balaban J connectivity index is 1.60. The van der Waals surface area contributed by atoms with Gasteiger partial charge in [-0.25, -0.2) is 0 Å². The van der Waals surface area contributed by atoms with E-state index in [4.69, 9.17) is 0 Å². The normalized spacial score (nSPS) is 24.7. The first-order valence-electron chi connectivity index (χ1n) is 9.17. The van der Waals surface area contributed by atoms with Crippen molar-refractivity contribution in [1.29, 1.82) is 0 Å². The molecule has 4 rings (SSSR count). The van der Waals surface area contributed by atoms with Crippen molar-refractivity contribution in [2.45, 2.75) is 56.9 Å². The van der Waals surface area contributed by atoms with Crippen LogP contribution in [0.4, 0.5) is 0 Å². The van der Waals surface area contributed by atoms with Crippen LogP contribution in [0, 0.1) is 0 Å². The minimum absolute atomic E-state index is 0.616. The van der Waals surface area contributed by atoms with E-state index < -0.39 is 0 Å². The van der Waals surface area contributed by atoms with Gasteiger partial charge in [0.2, 0.25) is 0 Å². The quantitative estimate of drug-likeness (QED) is 0.745. The summed E-state index contributed by atoms with van der Waals surface area (Å²) in [5.74, 6) is 0.616. The van der Waals surface area contributed by atoms with Gasteiger partial charge in [0.05, 0.1) is 0 Å². The molecule has 2 aromatic rings. The third kappa shape index (κ3) is 3.12. The minimum Gasteiger partial charge on any atom is -0.303 e. The standard InChI is InChI=1S/C21H27NS/c1-22-14-5-4-7-17(22)10-11-19-18-8-3-2-6-16(18)9-12-21-20(19)13-15-23-21/h2-3,6,8,13,15,17,19H,4-5,7,9-12,14H2,1H3. The van der Waals surface area contributed by atoms with E-state index >= 15 is 0 Å². The molecule has 1 nitrogen and oxygen atoms in total. The van der Waals surface area contributed by atoms with Crippen LogP contribution in [0.1, 0.15) is 59.6 Å². The van der Waals surface area contributed by atoms with Crippen molar-refractivity contribution >= 4 is 11.3 Å². The molecule has 0 spiro atoms. The number of hydrogen-bond donors (Lipinski definition) is 0. The number of likely N-dealkylation sites (tertiary alicyclic amines) is 1. The summed E-state index contributed by atoms with van der Waals surface area (Å²) in [4.78, 5) is 4.23. The number of rotatable bonds is 3. The summed E-state index contributed by atoms with van der Waals surface area (Å²) in [6.45, 7) is 1.29. The Morgan fingerprint density at radius 3 is 2.87 bits per heavy atom. The molecule has 2 aliphatic rings. The lowest BCUT2D eigenvalue weighted by molar-refractivity contribution is 0.172. The highest BCUT2D eigenvalue weighted by Gasteiger charge is 2.26. The molecular formula is C21H27NS. The predicted octanol–water partition coefficient (Wildman–Crippen LogP) is 5.24. The van der Waals surface area contributed by atoms with E-state index in [1.165, 1.54) is 51.5 Å². The van der Waals surface area contributed by atoms with Gasteiger partial charge in [0, 0.05) is 16.8 Å². The number of fused-ring (bicyclic) bond motifs is 2. The molecule has 1 saturated heterocycles. The van der Waals surface area contributed by atoms with Crippen molar-refractivity contribution in [2.24, 2.45) is 0 Å². The van der Waals surface area contributed by atoms with Gasteiger partial charge in [-0.05, 0) is 80.3 Å². The smallest absolute Gasteiger partial charge is 0.0104 e. The van der Waals surface area contributed by atoms with E-state index in [1.807, 2.05) is 11.3 Å². The topological polar surface area (TPSA) is 3.24 Å². The number of thiophene rings is 1. The molecule has 1 aliphatic heterocycles. The second kappa shape index (κ2) is 6.78. The zero-order valence-electron chi connectivity index (χ0n) is 14.1. The largest absolute Gasteiger partial charge is 0.303 e. The van der Waals surface area contributed by atoms with Crippen molar-refractivity contribution in [2.75, 3.05) is 13.6 Å². The summed E-state index contributed by atoms with van der Waals surface area (Å²) in [6, 6.07) is 12.4. The van der Waals surface area contributed by atoms with Crippen LogP contribution in [0.2, 0.25) is 0 Å². The van der Waals surface area contributed by atoms with Gasteiger partial charge >= 0.3 is 0 Å². The van der Waals surface area contributed by atoms with E-state index in [1.54, 1.807) is 21.6 Å². The molecule has 0 saturated carbocycles. The third-order valence-electron chi connectivity index (χ3n) is 5.92. The molecule has 1 aromatic carbocycles. The maximum Gasteiger partial charge on any atom is 0.0104 e. The van der Waals surface area contributed by atoms with Gasteiger partial charge in [-0.1, -0.05) is 30.7 Å². The number of piperidine rings is 1. The van der Waals surface area contributed by atoms with E-state index in [-0.39, 0.29) is 0 Å². The van der Waals surface area contributed by atoms with Crippen LogP contribution in [0.15, 0.2) is 35.7 Å². The minimum atomic E-state index is 0.616. The molecule has 2 atom stereocenters. The van der Waals surface area contributed by atoms with Crippen molar-refractivity contribution in [3.63, 3.8) is 0 Å². The number of nitrogens with zero attached hydrogens (tertiary/aromatic N) is 1. The predicted molar refractivity (Wildman–Crippen MR) is 99.5 cm³/mol. The molecule has 0 bridgehead atoms. The van der Waals surface area contributed by atoms with Crippen LogP contribution >= 0.6 is 11.3 Å². The Labute approximate surface area is 144 Å². The Hall–Kier alpha value is -1.12. The first-order chi connectivity index (χ1) is 11.3. The fourth-order valence-corrected chi connectivity index (χ4v) is 5.51. The van der Waals surface area contributed by atoms with Crippen molar-refractivity contribution in [3.05, 3.63) is 57.3 Å². The third-order valence-corrected chi connectivity index (χ3v) is 6.91. The number of hydrogen-bond acceptors (Lipinski definition) is 2. The summed E-state index contributed by atoms with van der Waals surface area (Å²) in [5, 5.41) is 2.30. The van der Waals surface area contributed by atoms with Gasteiger partial charge in [-0.15, -0.1) is 11.3 Å². The highest BCUT2D eigenvalue weighted by atomic mass is 32.1. The van der Waals surface area contributed by atoms with E-state index in [9.17, 15) is 0 Å². The molecule has 122 valence electrons. The van der Waals surface area contributed by atoms with Gasteiger partial charge in [0.25, 0.3) is 0 Å². The first-order valence-corrected chi connectivity index (χ1v) is 10.0. The maximum atomic E-state index is 2.60. The molecular weight excluding hydrogens is 298 g/mol. The second-order valence-electron chi connectivity index (χ2n) is 7.26. The molecule has 1 aliphatic carbocycles. The fraction of sp³-hybridized carbons (Fsp3) is 0.524. The molecule has 23 heavy (non-hydrogen) atoms. The number of aryl methyl sites for hydroxylation is 2. The van der Waals surface area contributed by atoms with Crippen LogP contribution in [0.25, 0.3) is 0 Å². The zero-order valence-corrected chi connectivity index (χ0v) is 14.9. The second-order valence-corrected chi connectivity index (χ2v) is 8.26. The van der Waals surface area contributed by atoms with Gasteiger partial charge in [-0.3, -0.25) is 0 Å². The molecule has 0 N–H and O–H groups in total. The molecule has 2 heterocycles. The Morgan fingerprint density at radius 2 is 1.96 bits per heavy atom. The Kier molecular flexibility index (Phi) is 4.54. The Morgan fingerprint density at radius 1 is 1.04 bits per heavy atom. The lowest BCUT2D eigenvalue weighted by atomic mass is 9.84. The SMILES string of the molecule is CN1CCCCC1CCC1c2ccccc2CCc2sccc21. The van der Waals surface area contributed by atoms with E-state index in [0.717, 1.165) is 6.04 Å². The van der Waals surface area contributed by atoms with Gasteiger partial charge in [-0.2, -0.15) is 0 Å². The highest BCUT2D eigenvalue weighted by Crippen LogP contribution is 2.40. The van der Waals surface area contributed by atoms with Crippen LogP contribution in [-0.2, 0) is 12.8 Å². The molecule has 1 fully saturated rings. The van der Waals surface area contributed by atoms with E-state index in [0.29, 0.717) is 5.92 Å². The highest BCUT2D eigenvalue weighted by molar-refractivity contribution is 7.10. The van der Waals surface area contributed by atoms with Gasteiger partial charge < -0.3 is 4.90 Å². The molecule has 0 radical (unpaired) electrons. The van der Waals surface area contributed by atoms with Crippen molar-refractivity contribution in [1.82, 2.24) is 4.90 Å². The van der Waals surface area contributed by atoms with Crippen molar-refractivity contribution < 1.29 is 0 Å². The van der Waals surface area contributed by atoms with Gasteiger partial charge in [0.1, 0.15) is 0 Å². The maximum absolute atomic E-state index is 2.60. The summed E-state index contributed by atoms with van der Waals surface area (Å²) >= 11 is 1.96. The van der Waals surface area contributed by atoms with Crippen LogP contribution < -0.4 is 0 Å². The van der Waals surface area contributed by atoms with Gasteiger partial charge in [0.15, 0.2) is 0 Å². The fourth-order valence-electron chi connectivity index (χ4n) is 4.56.